The van der Waals surface area contributed by atoms with Crippen LogP contribution in [-0.2, 0) is 36.6 Å². The Labute approximate surface area is 230 Å². The van der Waals surface area contributed by atoms with E-state index in [0.29, 0.717) is 37.8 Å². The molecule has 3 rings (SSSR count). The molecule has 0 spiro atoms. The number of amides is 4. The van der Waals surface area contributed by atoms with E-state index in [-0.39, 0.29) is 49.6 Å². The Bertz CT molecular complexity index is 1100. The summed E-state index contributed by atoms with van der Waals surface area (Å²) in [5.41, 5.74) is -0.455. The maximum absolute atomic E-state index is 13.0. The van der Waals surface area contributed by atoms with Crippen molar-refractivity contribution < 1.29 is 41.9 Å². The smallest absolute Gasteiger partial charge is 0.416 e. The van der Waals surface area contributed by atoms with E-state index in [9.17, 15) is 37.1 Å². The van der Waals surface area contributed by atoms with E-state index in [2.05, 4.69) is 16.0 Å². The molecule has 220 valence electrons. The Morgan fingerprint density at radius 2 is 1.93 bits per heavy atom. The van der Waals surface area contributed by atoms with Crippen LogP contribution in [0.2, 0.25) is 0 Å². The standard InChI is InChI=1S/C27H35F3N4O6/c1-16(2)10-22(24(37)32-21(14-35)12-18-6-8-31-23(18)36)33-26(39)40-15-19-7-9-34(25(19)38)13-17-4-3-5-20(11-17)27(28,29)30/h3-5,11,14,16,18-19,21-22H,6-10,12-13,15H2,1-2H3,(H,31,36)(H,32,37)(H,33,39)/t18-,19?,21-,22-/m0/s1. The summed E-state index contributed by atoms with van der Waals surface area (Å²) < 4.78 is 44.2. The number of nitrogens with one attached hydrogen (secondary N) is 3. The zero-order valence-electron chi connectivity index (χ0n) is 22.5. The molecule has 0 aliphatic carbocycles. The summed E-state index contributed by atoms with van der Waals surface area (Å²) in [6, 6.07) is 2.86. The van der Waals surface area contributed by atoms with Gasteiger partial charge in [0.25, 0.3) is 0 Å². The van der Waals surface area contributed by atoms with Crippen molar-refractivity contribution in [2.24, 2.45) is 17.8 Å². The van der Waals surface area contributed by atoms with Crippen LogP contribution in [0.25, 0.3) is 0 Å². The minimum Gasteiger partial charge on any atom is -0.449 e. The van der Waals surface area contributed by atoms with Gasteiger partial charge in [-0.3, -0.25) is 14.4 Å². The highest BCUT2D eigenvalue weighted by atomic mass is 19.4. The SMILES string of the molecule is CC(C)C[C@H](NC(=O)OCC1CCN(Cc2cccc(C(F)(F)F)c2)C1=O)C(=O)N[C@H](C=O)C[C@@H]1CCNC1=O. The van der Waals surface area contributed by atoms with Crippen molar-refractivity contribution in [2.75, 3.05) is 19.7 Å². The second-order valence-electron chi connectivity index (χ2n) is 10.6. The number of hydrogen-bond donors (Lipinski definition) is 3. The second kappa shape index (κ2) is 13.6. The number of likely N-dealkylation sites (tertiary alicyclic amines) is 1. The molecule has 13 heteroatoms. The van der Waals surface area contributed by atoms with Crippen LogP contribution in [-0.4, -0.2) is 66.8 Å². The quantitative estimate of drug-likeness (QED) is 0.332. The van der Waals surface area contributed by atoms with Gasteiger partial charge in [-0.1, -0.05) is 26.0 Å². The number of halogens is 3. The van der Waals surface area contributed by atoms with Gasteiger partial charge in [-0.25, -0.2) is 4.79 Å². The van der Waals surface area contributed by atoms with E-state index in [1.807, 2.05) is 13.8 Å². The topological polar surface area (TPSA) is 134 Å². The zero-order chi connectivity index (χ0) is 29.4. The van der Waals surface area contributed by atoms with Crippen LogP contribution >= 0.6 is 0 Å². The van der Waals surface area contributed by atoms with Gasteiger partial charge in [-0.2, -0.15) is 13.2 Å². The molecule has 0 aromatic heterocycles. The van der Waals surface area contributed by atoms with Crippen LogP contribution in [0.3, 0.4) is 0 Å². The first kappa shape index (κ1) is 30.9. The van der Waals surface area contributed by atoms with Crippen LogP contribution < -0.4 is 16.0 Å². The maximum Gasteiger partial charge on any atom is 0.416 e. The molecule has 3 N–H and O–H groups in total. The lowest BCUT2D eigenvalue weighted by Gasteiger charge is -2.23. The predicted molar refractivity (Wildman–Crippen MR) is 136 cm³/mol. The highest BCUT2D eigenvalue weighted by Gasteiger charge is 2.35. The summed E-state index contributed by atoms with van der Waals surface area (Å²) in [6.45, 7) is 4.26. The van der Waals surface area contributed by atoms with Crippen LogP contribution in [0.4, 0.5) is 18.0 Å². The molecule has 4 amide bonds. The summed E-state index contributed by atoms with van der Waals surface area (Å²) in [5, 5.41) is 7.75. The fraction of sp³-hybridized carbons (Fsp3) is 0.593. The van der Waals surface area contributed by atoms with Crippen molar-refractivity contribution >= 4 is 30.1 Å². The lowest BCUT2D eigenvalue weighted by Crippen LogP contribution is -2.51. The molecule has 1 unspecified atom stereocenters. The van der Waals surface area contributed by atoms with E-state index in [0.717, 1.165) is 12.1 Å². The van der Waals surface area contributed by atoms with Crippen molar-refractivity contribution in [3.8, 4) is 0 Å². The number of carbonyl (C=O) groups excluding carboxylic acids is 5. The Hall–Kier alpha value is -3.64. The molecular formula is C27H35F3N4O6. The van der Waals surface area contributed by atoms with Crippen molar-refractivity contribution in [3.63, 3.8) is 0 Å². The second-order valence-corrected chi connectivity index (χ2v) is 10.6. The monoisotopic (exact) mass is 568 g/mol. The summed E-state index contributed by atoms with van der Waals surface area (Å²) in [7, 11) is 0. The molecule has 0 radical (unpaired) electrons. The molecule has 40 heavy (non-hydrogen) atoms. The van der Waals surface area contributed by atoms with Crippen LogP contribution in [0.1, 0.15) is 50.7 Å². The first-order valence-electron chi connectivity index (χ1n) is 13.3. The van der Waals surface area contributed by atoms with Gasteiger partial charge in [0, 0.05) is 25.6 Å². The number of benzene rings is 1. The number of carbonyl (C=O) groups is 5. The predicted octanol–water partition coefficient (Wildman–Crippen LogP) is 2.40. The summed E-state index contributed by atoms with van der Waals surface area (Å²) >= 11 is 0. The van der Waals surface area contributed by atoms with E-state index in [1.54, 1.807) is 0 Å². The van der Waals surface area contributed by atoms with Gasteiger partial charge in [0.2, 0.25) is 17.7 Å². The fourth-order valence-electron chi connectivity index (χ4n) is 4.85. The Morgan fingerprint density at radius 1 is 1.18 bits per heavy atom. The highest BCUT2D eigenvalue weighted by molar-refractivity contribution is 5.88. The molecular weight excluding hydrogens is 533 g/mol. The fourth-order valence-corrected chi connectivity index (χ4v) is 4.85. The molecule has 10 nitrogen and oxygen atoms in total. The minimum atomic E-state index is -4.49. The number of nitrogens with zero attached hydrogens (tertiary/aromatic N) is 1. The normalized spacial score (nSPS) is 20.7. The molecule has 1 aromatic rings. The molecule has 2 heterocycles. The number of aldehydes is 1. The number of alkyl carbamates (subject to hydrolysis) is 1. The minimum absolute atomic E-state index is 0.00248. The molecule has 1 aromatic carbocycles. The number of hydrogen-bond acceptors (Lipinski definition) is 6. The first-order chi connectivity index (χ1) is 18.9. The van der Waals surface area contributed by atoms with Gasteiger partial charge < -0.3 is 30.4 Å². The summed E-state index contributed by atoms with van der Waals surface area (Å²) in [4.78, 5) is 62.9. The van der Waals surface area contributed by atoms with Crippen molar-refractivity contribution in [1.82, 2.24) is 20.9 Å². The largest absolute Gasteiger partial charge is 0.449 e. The van der Waals surface area contributed by atoms with Crippen LogP contribution in [0.15, 0.2) is 24.3 Å². The molecule has 2 aliphatic heterocycles. The van der Waals surface area contributed by atoms with Gasteiger partial charge in [0.05, 0.1) is 17.5 Å². The third kappa shape index (κ3) is 8.68. The Morgan fingerprint density at radius 3 is 2.55 bits per heavy atom. The van der Waals surface area contributed by atoms with Gasteiger partial charge in [-0.15, -0.1) is 0 Å². The maximum atomic E-state index is 13.0. The molecule has 4 atom stereocenters. The van der Waals surface area contributed by atoms with Crippen LogP contribution in [0, 0.1) is 17.8 Å². The molecule has 2 fully saturated rings. The van der Waals surface area contributed by atoms with Crippen LogP contribution in [0.5, 0.6) is 0 Å². The third-order valence-corrected chi connectivity index (χ3v) is 6.96. The van der Waals surface area contributed by atoms with Gasteiger partial charge in [0.15, 0.2) is 0 Å². The lowest BCUT2D eigenvalue weighted by molar-refractivity contribution is -0.137. The van der Waals surface area contributed by atoms with Crippen molar-refractivity contribution in [2.45, 2.75) is 64.3 Å². The lowest BCUT2D eigenvalue weighted by atomic mass is 9.98. The molecule has 2 saturated heterocycles. The number of alkyl halides is 3. The van der Waals surface area contributed by atoms with E-state index >= 15 is 0 Å². The zero-order valence-corrected chi connectivity index (χ0v) is 22.5. The summed E-state index contributed by atoms with van der Waals surface area (Å²) in [6.07, 6.45) is -3.51. The van der Waals surface area contributed by atoms with E-state index < -0.39 is 41.7 Å². The first-order valence-corrected chi connectivity index (χ1v) is 13.3. The number of rotatable bonds is 12. The van der Waals surface area contributed by atoms with E-state index in [4.69, 9.17) is 4.74 Å². The Kier molecular flexibility index (Phi) is 10.5. The van der Waals surface area contributed by atoms with Crippen molar-refractivity contribution in [3.05, 3.63) is 35.4 Å². The van der Waals surface area contributed by atoms with E-state index in [1.165, 1.54) is 17.0 Å². The summed E-state index contributed by atoms with van der Waals surface area (Å²) in [5.74, 6) is -2.14. The molecule has 2 aliphatic rings. The Balaban J connectivity index is 1.50. The van der Waals surface area contributed by atoms with Gasteiger partial charge in [-0.05, 0) is 49.3 Å². The molecule has 0 saturated carbocycles. The average molecular weight is 569 g/mol. The average Bonchev–Trinajstić information content (AvgIpc) is 3.45. The van der Waals surface area contributed by atoms with Crippen molar-refractivity contribution in [1.29, 1.82) is 0 Å². The highest BCUT2D eigenvalue weighted by Crippen LogP contribution is 2.30. The van der Waals surface area contributed by atoms with Gasteiger partial charge >= 0.3 is 12.3 Å². The van der Waals surface area contributed by atoms with Gasteiger partial charge in [0.1, 0.15) is 18.9 Å². The number of ether oxygens (including phenoxy) is 1. The molecule has 0 bridgehead atoms. The third-order valence-electron chi connectivity index (χ3n) is 6.96.